The van der Waals surface area contributed by atoms with Gasteiger partial charge in [0, 0.05) is 18.7 Å². The smallest absolute Gasteiger partial charge is 0.265 e. The van der Waals surface area contributed by atoms with E-state index in [4.69, 9.17) is 4.74 Å². The van der Waals surface area contributed by atoms with Crippen LogP contribution in [0, 0.1) is 0 Å². The molecule has 0 bridgehead atoms. The summed E-state index contributed by atoms with van der Waals surface area (Å²) < 4.78 is 33.1. The number of methoxy groups -OCH3 is 1. The Morgan fingerprint density at radius 1 is 1.04 bits per heavy atom. The highest BCUT2D eigenvalue weighted by molar-refractivity contribution is 7.92. The lowest BCUT2D eigenvalue weighted by atomic mass is 10.1. The van der Waals surface area contributed by atoms with Crippen LogP contribution in [0.4, 0.5) is 5.69 Å². The van der Waals surface area contributed by atoms with Crippen molar-refractivity contribution in [3.05, 3.63) is 54.1 Å². The SMILES string of the molecule is COc1ccccc1NS(=O)(=O)c1cccc(C(=O)NN2CCCCC2)c1. The minimum absolute atomic E-state index is 0.0136. The Balaban J connectivity index is 1.78. The van der Waals surface area contributed by atoms with E-state index in [1.54, 1.807) is 36.4 Å². The predicted molar refractivity (Wildman–Crippen MR) is 103 cm³/mol. The molecule has 0 aromatic heterocycles. The second-order valence-corrected chi connectivity index (χ2v) is 8.00. The average molecular weight is 389 g/mol. The lowest BCUT2D eigenvalue weighted by Crippen LogP contribution is -2.45. The molecule has 1 aliphatic heterocycles. The molecule has 27 heavy (non-hydrogen) atoms. The van der Waals surface area contributed by atoms with Crippen LogP contribution in [0.15, 0.2) is 53.4 Å². The van der Waals surface area contributed by atoms with Crippen molar-refractivity contribution in [2.24, 2.45) is 0 Å². The molecule has 2 N–H and O–H groups in total. The Morgan fingerprint density at radius 2 is 1.78 bits per heavy atom. The third-order valence-corrected chi connectivity index (χ3v) is 5.74. The van der Waals surface area contributed by atoms with E-state index in [1.807, 2.05) is 5.01 Å². The zero-order chi connectivity index (χ0) is 19.3. The van der Waals surface area contributed by atoms with E-state index in [-0.39, 0.29) is 10.8 Å². The Hall–Kier alpha value is -2.58. The van der Waals surface area contributed by atoms with Gasteiger partial charge in [0.05, 0.1) is 17.7 Å². The molecular weight excluding hydrogens is 366 g/mol. The number of para-hydroxylation sites is 2. The molecule has 1 heterocycles. The summed E-state index contributed by atoms with van der Waals surface area (Å²) in [7, 11) is -2.39. The maximum absolute atomic E-state index is 12.7. The van der Waals surface area contributed by atoms with Gasteiger partial charge in [-0.25, -0.2) is 13.4 Å². The number of carbonyl (C=O) groups is 1. The minimum atomic E-state index is -3.86. The molecule has 1 saturated heterocycles. The summed E-state index contributed by atoms with van der Waals surface area (Å²) in [5, 5.41) is 1.88. The first-order valence-electron chi connectivity index (χ1n) is 8.81. The number of benzene rings is 2. The fourth-order valence-corrected chi connectivity index (χ4v) is 4.07. The Labute approximate surface area is 159 Å². The van der Waals surface area contributed by atoms with E-state index in [0.717, 1.165) is 32.4 Å². The summed E-state index contributed by atoms with van der Waals surface area (Å²) in [6.45, 7) is 1.61. The summed E-state index contributed by atoms with van der Waals surface area (Å²) in [5.74, 6) is 0.103. The van der Waals surface area contributed by atoms with Crippen LogP contribution in [0.25, 0.3) is 0 Å². The molecule has 1 amide bonds. The van der Waals surface area contributed by atoms with Crippen molar-refractivity contribution in [3.63, 3.8) is 0 Å². The molecule has 2 aromatic rings. The van der Waals surface area contributed by atoms with Crippen LogP contribution in [0.2, 0.25) is 0 Å². The van der Waals surface area contributed by atoms with Crippen molar-refractivity contribution >= 4 is 21.6 Å². The van der Waals surface area contributed by atoms with E-state index in [9.17, 15) is 13.2 Å². The van der Waals surface area contributed by atoms with Gasteiger partial charge in [-0.15, -0.1) is 0 Å². The standard InChI is InChI=1S/C19H23N3O4S/c1-26-18-11-4-3-10-17(18)21-27(24,25)16-9-7-8-15(14-16)19(23)20-22-12-5-2-6-13-22/h3-4,7-11,14,21H,2,5-6,12-13H2,1H3,(H,20,23). The first kappa shape index (κ1) is 19.2. The fraction of sp³-hybridized carbons (Fsp3) is 0.316. The number of nitrogens with one attached hydrogen (secondary N) is 2. The maximum atomic E-state index is 12.7. The highest BCUT2D eigenvalue weighted by Crippen LogP contribution is 2.26. The van der Waals surface area contributed by atoms with Crippen LogP contribution in [0.5, 0.6) is 5.75 Å². The zero-order valence-electron chi connectivity index (χ0n) is 15.1. The highest BCUT2D eigenvalue weighted by Gasteiger charge is 2.19. The van der Waals surface area contributed by atoms with Gasteiger partial charge in [-0.3, -0.25) is 14.9 Å². The number of sulfonamides is 1. The first-order valence-corrected chi connectivity index (χ1v) is 10.3. The van der Waals surface area contributed by atoms with Gasteiger partial charge in [0.15, 0.2) is 0 Å². The van der Waals surface area contributed by atoms with Gasteiger partial charge in [0.1, 0.15) is 5.75 Å². The molecule has 2 aromatic carbocycles. The van der Waals surface area contributed by atoms with Gasteiger partial charge in [-0.05, 0) is 43.2 Å². The molecule has 0 saturated carbocycles. The number of hydrogen-bond donors (Lipinski definition) is 2. The van der Waals surface area contributed by atoms with E-state index >= 15 is 0 Å². The van der Waals surface area contributed by atoms with Gasteiger partial charge in [-0.2, -0.15) is 0 Å². The third-order valence-electron chi connectivity index (χ3n) is 4.37. The van der Waals surface area contributed by atoms with E-state index in [2.05, 4.69) is 10.1 Å². The second-order valence-electron chi connectivity index (χ2n) is 6.32. The number of hydrazine groups is 1. The third kappa shape index (κ3) is 4.78. The summed E-state index contributed by atoms with van der Waals surface area (Å²) in [6, 6.07) is 12.7. The number of amides is 1. The zero-order valence-corrected chi connectivity index (χ0v) is 16.0. The molecule has 0 aliphatic carbocycles. The molecule has 0 radical (unpaired) electrons. The normalized spacial score (nSPS) is 15.1. The van der Waals surface area contributed by atoms with Gasteiger partial charge < -0.3 is 4.74 Å². The van der Waals surface area contributed by atoms with Crippen LogP contribution >= 0.6 is 0 Å². The van der Waals surface area contributed by atoms with Crippen LogP contribution in [-0.4, -0.2) is 39.5 Å². The number of ether oxygens (including phenoxy) is 1. The van der Waals surface area contributed by atoms with Crippen molar-refractivity contribution in [3.8, 4) is 5.75 Å². The molecule has 1 aliphatic rings. The summed E-state index contributed by atoms with van der Waals surface area (Å²) >= 11 is 0. The summed E-state index contributed by atoms with van der Waals surface area (Å²) in [5.41, 5.74) is 3.47. The quantitative estimate of drug-likeness (QED) is 0.793. The van der Waals surface area contributed by atoms with Crippen molar-refractivity contribution in [1.82, 2.24) is 10.4 Å². The number of nitrogens with zero attached hydrogens (tertiary/aromatic N) is 1. The Kier molecular flexibility index (Phi) is 5.98. The lowest BCUT2D eigenvalue weighted by molar-refractivity contribution is 0.0750. The van der Waals surface area contributed by atoms with Gasteiger partial charge >= 0.3 is 0 Å². The molecule has 8 heteroatoms. The summed E-state index contributed by atoms with van der Waals surface area (Å²) in [6.07, 6.45) is 3.24. The number of carbonyl (C=O) groups excluding carboxylic acids is 1. The van der Waals surface area contributed by atoms with Crippen LogP contribution in [0.1, 0.15) is 29.6 Å². The topological polar surface area (TPSA) is 87.7 Å². The minimum Gasteiger partial charge on any atom is -0.495 e. The predicted octanol–water partition coefficient (Wildman–Crippen LogP) is 2.63. The second kappa shape index (κ2) is 8.41. The Morgan fingerprint density at radius 3 is 2.52 bits per heavy atom. The van der Waals surface area contributed by atoms with E-state index in [1.165, 1.54) is 19.2 Å². The highest BCUT2D eigenvalue weighted by atomic mass is 32.2. The fourth-order valence-electron chi connectivity index (χ4n) is 2.95. The van der Waals surface area contributed by atoms with Crippen molar-refractivity contribution in [2.45, 2.75) is 24.2 Å². The lowest BCUT2D eigenvalue weighted by Gasteiger charge is -2.26. The van der Waals surface area contributed by atoms with Gasteiger partial charge in [0.25, 0.3) is 15.9 Å². The van der Waals surface area contributed by atoms with Crippen molar-refractivity contribution < 1.29 is 17.9 Å². The molecule has 0 spiro atoms. The molecule has 144 valence electrons. The number of piperidine rings is 1. The van der Waals surface area contributed by atoms with Gasteiger partial charge in [-0.1, -0.05) is 24.6 Å². The number of hydrogen-bond acceptors (Lipinski definition) is 5. The Bertz CT molecular complexity index is 909. The van der Waals surface area contributed by atoms with Gasteiger partial charge in [0.2, 0.25) is 0 Å². The molecule has 1 fully saturated rings. The molecular formula is C19H23N3O4S. The number of rotatable bonds is 6. The monoisotopic (exact) mass is 389 g/mol. The van der Waals surface area contributed by atoms with Crippen LogP contribution < -0.4 is 14.9 Å². The maximum Gasteiger partial charge on any atom is 0.265 e. The first-order chi connectivity index (χ1) is 13.0. The largest absolute Gasteiger partial charge is 0.495 e. The van der Waals surface area contributed by atoms with E-state index < -0.39 is 10.0 Å². The van der Waals surface area contributed by atoms with Crippen LogP contribution in [0.3, 0.4) is 0 Å². The number of anilines is 1. The summed E-state index contributed by atoms with van der Waals surface area (Å²) in [4.78, 5) is 12.5. The molecule has 0 atom stereocenters. The van der Waals surface area contributed by atoms with Crippen molar-refractivity contribution in [1.29, 1.82) is 0 Å². The van der Waals surface area contributed by atoms with Crippen molar-refractivity contribution in [2.75, 3.05) is 24.9 Å². The average Bonchev–Trinajstić information content (AvgIpc) is 2.69. The van der Waals surface area contributed by atoms with E-state index in [0.29, 0.717) is 17.0 Å². The van der Waals surface area contributed by atoms with Crippen LogP contribution in [-0.2, 0) is 10.0 Å². The molecule has 3 rings (SSSR count). The molecule has 0 unspecified atom stereocenters. The molecule has 7 nitrogen and oxygen atoms in total.